The molecule has 21 heavy (non-hydrogen) atoms. The molecule has 0 aliphatic rings. The first-order valence-corrected chi connectivity index (χ1v) is 7.49. The van der Waals surface area contributed by atoms with Crippen LogP contribution in [-0.2, 0) is 11.3 Å². The number of hydrogen-bond acceptors (Lipinski definition) is 3. The molecule has 0 saturated heterocycles. The lowest BCUT2D eigenvalue weighted by Crippen LogP contribution is -2.30. The van der Waals surface area contributed by atoms with Crippen LogP contribution < -0.4 is 10.6 Å². The maximum absolute atomic E-state index is 12.5. The van der Waals surface area contributed by atoms with Crippen LogP contribution in [0.1, 0.15) is 25.3 Å². The Morgan fingerprint density at radius 1 is 1.19 bits per heavy atom. The van der Waals surface area contributed by atoms with Gasteiger partial charge in [-0.2, -0.15) is 0 Å². The molecule has 0 unspecified atom stereocenters. The Balaban J connectivity index is 2.36. The Labute approximate surface area is 131 Å². The predicted octanol–water partition coefficient (Wildman–Crippen LogP) is 3.89. The third-order valence-electron chi connectivity index (χ3n) is 3.24. The first-order chi connectivity index (χ1) is 10.1. The van der Waals surface area contributed by atoms with E-state index in [4.69, 9.17) is 5.73 Å². The second-order valence-electron chi connectivity index (χ2n) is 4.96. The molecule has 2 N–H and O–H groups in total. The topological polar surface area (TPSA) is 46.3 Å². The van der Waals surface area contributed by atoms with Crippen LogP contribution in [0.15, 0.2) is 53.4 Å². The molecule has 2 aromatic rings. The third-order valence-corrected chi connectivity index (χ3v) is 3.62. The number of anilines is 2. The zero-order chi connectivity index (χ0) is 15.2. The van der Waals surface area contributed by atoms with Crippen molar-refractivity contribution in [1.29, 1.82) is 0 Å². The highest BCUT2D eigenvalue weighted by Gasteiger charge is 2.17. The maximum atomic E-state index is 12.5. The van der Waals surface area contributed by atoms with E-state index in [2.05, 4.69) is 12.6 Å². The van der Waals surface area contributed by atoms with Gasteiger partial charge < -0.3 is 10.6 Å². The van der Waals surface area contributed by atoms with Crippen LogP contribution in [0.25, 0.3) is 0 Å². The molecule has 0 atom stereocenters. The normalized spacial score (nSPS) is 10.4. The number of amides is 1. The van der Waals surface area contributed by atoms with Gasteiger partial charge in [0, 0.05) is 17.0 Å². The lowest BCUT2D eigenvalue weighted by Gasteiger charge is -2.24. The summed E-state index contributed by atoms with van der Waals surface area (Å²) >= 11 is 4.46. The van der Waals surface area contributed by atoms with Gasteiger partial charge in [-0.15, -0.1) is 12.6 Å². The van der Waals surface area contributed by atoms with Crippen LogP contribution >= 0.6 is 12.6 Å². The van der Waals surface area contributed by atoms with Crippen molar-refractivity contribution in [2.75, 3.05) is 10.6 Å². The number of carbonyl (C=O) groups excluding carboxylic acids is 1. The van der Waals surface area contributed by atoms with Gasteiger partial charge in [-0.3, -0.25) is 4.79 Å². The van der Waals surface area contributed by atoms with E-state index in [-0.39, 0.29) is 5.91 Å². The number of rotatable bonds is 5. The van der Waals surface area contributed by atoms with Gasteiger partial charge in [-0.1, -0.05) is 37.3 Å². The smallest absolute Gasteiger partial charge is 0.227 e. The summed E-state index contributed by atoms with van der Waals surface area (Å²) in [5.74, 6) is 0.0854. The molecule has 0 bridgehead atoms. The van der Waals surface area contributed by atoms with Gasteiger partial charge in [-0.05, 0) is 30.2 Å². The Kier molecular flexibility index (Phi) is 5.28. The van der Waals surface area contributed by atoms with Gasteiger partial charge >= 0.3 is 0 Å². The van der Waals surface area contributed by atoms with Gasteiger partial charge in [0.05, 0.1) is 12.2 Å². The lowest BCUT2D eigenvalue weighted by atomic mass is 10.1. The molecule has 3 nitrogen and oxygen atoms in total. The van der Waals surface area contributed by atoms with Crippen molar-refractivity contribution in [2.45, 2.75) is 31.2 Å². The highest BCUT2D eigenvalue weighted by Crippen LogP contribution is 2.28. The van der Waals surface area contributed by atoms with Gasteiger partial charge in [0.15, 0.2) is 0 Å². The number of carbonyl (C=O) groups is 1. The number of nitrogen functional groups attached to an aromatic ring is 1. The molecule has 0 heterocycles. The zero-order valence-corrected chi connectivity index (χ0v) is 13.0. The monoisotopic (exact) mass is 300 g/mol. The van der Waals surface area contributed by atoms with Crippen molar-refractivity contribution in [3.63, 3.8) is 0 Å². The Morgan fingerprint density at radius 2 is 1.90 bits per heavy atom. The summed E-state index contributed by atoms with van der Waals surface area (Å²) in [4.78, 5) is 15.0. The average molecular weight is 300 g/mol. The van der Waals surface area contributed by atoms with E-state index < -0.39 is 0 Å². The number of benzene rings is 2. The predicted molar refractivity (Wildman–Crippen MR) is 90.6 cm³/mol. The summed E-state index contributed by atoms with van der Waals surface area (Å²) in [5, 5.41) is 0. The first-order valence-electron chi connectivity index (χ1n) is 7.04. The number of thiol groups is 1. The van der Waals surface area contributed by atoms with Crippen LogP contribution in [0.5, 0.6) is 0 Å². The largest absolute Gasteiger partial charge is 0.399 e. The molecule has 110 valence electrons. The minimum atomic E-state index is 0.0854. The first kappa shape index (κ1) is 15.4. The summed E-state index contributed by atoms with van der Waals surface area (Å²) in [6.45, 7) is 2.52. The van der Waals surface area contributed by atoms with Gasteiger partial charge in [0.1, 0.15) is 0 Å². The SMILES string of the molecule is CCCC(=O)N(Cc1ccccc1)c1cc(N)ccc1S. The van der Waals surface area contributed by atoms with Crippen LogP contribution in [0.3, 0.4) is 0 Å². The van der Waals surface area contributed by atoms with Gasteiger partial charge in [-0.25, -0.2) is 0 Å². The lowest BCUT2D eigenvalue weighted by molar-refractivity contribution is -0.118. The highest BCUT2D eigenvalue weighted by molar-refractivity contribution is 7.80. The highest BCUT2D eigenvalue weighted by atomic mass is 32.1. The zero-order valence-electron chi connectivity index (χ0n) is 12.1. The standard InChI is InChI=1S/C17H20N2OS/c1-2-6-17(20)19(12-13-7-4-3-5-8-13)15-11-14(18)9-10-16(15)21/h3-5,7-11,21H,2,6,12,18H2,1H3. The van der Waals surface area contributed by atoms with Crippen LogP contribution in [0, 0.1) is 0 Å². The van der Waals surface area contributed by atoms with Gasteiger partial charge in [0.2, 0.25) is 5.91 Å². The van der Waals surface area contributed by atoms with E-state index in [9.17, 15) is 4.79 Å². The second kappa shape index (κ2) is 7.18. The Hall–Kier alpha value is -1.94. The van der Waals surface area contributed by atoms with Crippen LogP contribution in [-0.4, -0.2) is 5.91 Å². The molecule has 1 amide bonds. The van der Waals surface area contributed by atoms with Gasteiger partial charge in [0.25, 0.3) is 0 Å². The quantitative estimate of drug-likeness (QED) is 0.650. The fourth-order valence-corrected chi connectivity index (χ4v) is 2.44. The number of hydrogen-bond donors (Lipinski definition) is 2. The summed E-state index contributed by atoms with van der Waals surface area (Å²) in [7, 11) is 0. The fourth-order valence-electron chi connectivity index (χ4n) is 2.18. The molecule has 0 aliphatic heterocycles. The number of nitrogens with two attached hydrogens (primary N) is 1. The molecule has 0 fully saturated rings. The number of nitrogens with zero attached hydrogens (tertiary/aromatic N) is 1. The molecule has 0 aliphatic carbocycles. The summed E-state index contributed by atoms with van der Waals surface area (Å²) in [5.41, 5.74) is 8.34. The van der Waals surface area contributed by atoms with E-state index in [1.165, 1.54) is 0 Å². The molecule has 0 spiro atoms. The van der Waals surface area contributed by atoms with E-state index in [0.29, 0.717) is 18.7 Å². The van der Waals surface area contributed by atoms with Crippen molar-refractivity contribution in [1.82, 2.24) is 0 Å². The summed E-state index contributed by atoms with van der Waals surface area (Å²) < 4.78 is 0. The molecular weight excluding hydrogens is 280 g/mol. The summed E-state index contributed by atoms with van der Waals surface area (Å²) in [6, 6.07) is 15.3. The molecular formula is C17H20N2OS. The van der Waals surface area contributed by atoms with Crippen LogP contribution in [0.4, 0.5) is 11.4 Å². The Bertz CT molecular complexity index is 613. The van der Waals surface area contributed by atoms with E-state index in [1.54, 1.807) is 17.0 Å². The molecule has 0 aromatic heterocycles. The maximum Gasteiger partial charge on any atom is 0.227 e. The van der Waals surface area contributed by atoms with Crippen LogP contribution in [0.2, 0.25) is 0 Å². The molecule has 4 heteroatoms. The summed E-state index contributed by atoms with van der Waals surface area (Å²) in [6.07, 6.45) is 1.32. The van der Waals surface area contributed by atoms with Crippen molar-refractivity contribution < 1.29 is 4.79 Å². The molecule has 0 saturated carbocycles. The average Bonchev–Trinajstić information content (AvgIpc) is 2.49. The van der Waals surface area contributed by atoms with E-state index in [1.807, 2.05) is 43.3 Å². The van der Waals surface area contributed by atoms with E-state index in [0.717, 1.165) is 22.6 Å². The molecule has 2 aromatic carbocycles. The van der Waals surface area contributed by atoms with Crippen molar-refractivity contribution in [2.24, 2.45) is 0 Å². The van der Waals surface area contributed by atoms with Crippen molar-refractivity contribution >= 4 is 29.9 Å². The van der Waals surface area contributed by atoms with Crippen molar-refractivity contribution in [3.8, 4) is 0 Å². The molecule has 0 radical (unpaired) electrons. The minimum absolute atomic E-state index is 0.0854. The second-order valence-corrected chi connectivity index (χ2v) is 5.45. The third kappa shape index (κ3) is 4.02. The fraction of sp³-hybridized carbons (Fsp3) is 0.235. The minimum Gasteiger partial charge on any atom is -0.399 e. The Morgan fingerprint density at radius 3 is 2.57 bits per heavy atom. The molecule has 2 rings (SSSR count). The van der Waals surface area contributed by atoms with Crippen molar-refractivity contribution in [3.05, 3.63) is 54.1 Å². The van der Waals surface area contributed by atoms with E-state index >= 15 is 0 Å².